The first-order valence-electron chi connectivity index (χ1n) is 9.68. The number of hydrogen-bond acceptors (Lipinski definition) is 3. The van der Waals surface area contributed by atoms with E-state index in [1.165, 1.54) is 5.56 Å². The first-order chi connectivity index (χ1) is 14.2. The fourth-order valence-electron chi connectivity index (χ4n) is 3.59. The Kier molecular flexibility index (Phi) is 5.40. The molecule has 4 aromatic rings. The number of rotatable bonds is 6. The Morgan fingerprint density at radius 2 is 1.55 bits per heavy atom. The lowest BCUT2D eigenvalue weighted by molar-refractivity contribution is -0.724. The van der Waals surface area contributed by atoms with Gasteiger partial charge in [-0.25, -0.2) is 4.98 Å². The number of nitrogens with one attached hydrogen (secondary N) is 1. The molecule has 0 saturated heterocycles. The number of para-hydroxylation sites is 1. The van der Waals surface area contributed by atoms with E-state index in [2.05, 4.69) is 41.5 Å². The second-order valence-electron chi connectivity index (χ2n) is 7.11. The van der Waals surface area contributed by atoms with Crippen molar-refractivity contribution < 1.29 is 10.1 Å². The number of quaternary nitrogens is 1. The maximum Gasteiger partial charge on any atom is 0.258 e. The molecule has 5 heteroatoms. The van der Waals surface area contributed by atoms with Crippen LogP contribution in [0.5, 0.6) is 5.75 Å². The average Bonchev–Trinajstić information content (AvgIpc) is 2.78. The van der Waals surface area contributed by atoms with Crippen LogP contribution in [0.15, 0.2) is 83.7 Å². The van der Waals surface area contributed by atoms with E-state index in [4.69, 9.17) is 9.72 Å². The van der Waals surface area contributed by atoms with Crippen molar-refractivity contribution in [2.45, 2.75) is 19.0 Å². The fraction of sp³-hybridized carbons (Fsp3) is 0.167. The first-order valence-corrected chi connectivity index (χ1v) is 9.68. The summed E-state index contributed by atoms with van der Waals surface area (Å²) in [4.78, 5) is 20.1. The van der Waals surface area contributed by atoms with E-state index >= 15 is 0 Å². The SMILES string of the molecule is COc1ccc([C@H]([NH2+][C@@H](C)c2nc3ccccc3c(=O)[nH]2)c2ccccc2)cc1. The number of ether oxygens (including phenoxy) is 1. The van der Waals surface area contributed by atoms with Crippen molar-refractivity contribution in [3.05, 3.63) is 106 Å². The van der Waals surface area contributed by atoms with Crippen molar-refractivity contribution in [3.63, 3.8) is 0 Å². The first kappa shape index (κ1) is 18.9. The van der Waals surface area contributed by atoms with Gasteiger partial charge < -0.3 is 15.0 Å². The van der Waals surface area contributed by atoms with Gasteiger partial charge in [-0.05, 0) is 43.3 Å². The summed E-state index contributed by atoms with van der Waals surface area (Å²) in [6.07, 6.45) is 0. The molecule has 0 aliphatic heterocycles. The molecule has 5 nitrogen and oxygen atoms in total. The number of hydrogen-bond donors (Lipinski definition) is 2. The standard InChI is InChI=1S/C24H23N3O2/c1-16(23-26-21-11-7-6-10-20(21)24(28)27-23)25-22(17-8-4-3-5-9-17)18-12-14-19(29-2)15-13-18/h3-16,22,25H,1-2H3,(H,26,27,28)/p+1/t16-,22+/m0/s1. The Morgan fingerprint density at radius 3 is 2.28 bits per heavy atom. The number of fused-ring (bicyclic) bond motifs is 1. The lowest BCUT2D eigenvalue weighted by Gasteiger charge is -2.21. The molecule has 0 fully saturated rings. The molecule has 0 amide bonds. The number of nitrogens with two attached hydrogens (primary N) is 1. The molecule has 3 aromatic carbocycles. The number of benzene rings is 3. The van der Waals surface area contributed by atoms with Crippen molar-refractivity contribution in [3.8, 4) is 5.75 Å². The minimum Gasteiger partial charge on any atom is -0.497 e. The summed E-state index contributed by atoms with van der Waals surface area (Å²) >= 11 is 0. The second kappa shape index (κ2) is 8.29. The van der Waals surface area contributed by atoms with E-state index in [0.29, 0.717) is 16.7 Å². The van der Waals surface area contributed by atoms with E-state index < -0.39 is 0 Å². The fourth-order valence-corrected chi connectivity index (χ4v) is 3.59. The van der Waals surface area contributed by atoms with Crippen molar-refractivity contribution in [2.24, 2.45) is 0 Å². The molecule has 0 spiro atoms. The van der Waals surface area contributed by atoms with Crippen LogP contribution in [-0.2, 0) is 0 Å². The van der Waals surface area contributed by atoms with Crippen LogP contribution in [0.2, 0.25) is 0 Å². The van der Waals surface area contributed by atoms with E-state index in [9.17, 15) is 4.79 Å². The topological polar surface area (TPSA) is 71.6 Å². The Hall–Kier alpha value is -3.44. The summed E-state index contributed by atoms with van der Waals surface area (Å²) < 4.78 is 5.30. The van der Waals surface area contributed by atoms with Crippen LogP contribution in [0.4, 0.5) is 0 Å². The minimum absolute atomic E-state index is 0.0420. The number of H-pyrrole nitrogens is 1. The van der Waals surface area contributed by atoms with Crippen molar-refractivity contribution in [2.75, 3.05) is 7.11 Å². The molecule has 0 bridgehead atoms. The lowest BCUT2D eigenvalue weighted by Crippen LogP contribution is -2.86. The van der Waals surface area contributed by atoms with Crippen LogP contribution in [0, 0.1) is 0 Å². The Balaban J connectivity index is 1.69. The van der Waals surface area contributed by atoms with Crippen molar-refractivity contribution in [1.29, 1.82) is 0 Å². The highest BCUT2D eigenvalue weighted by Gasteiger charge is 2.23. The maximum absolute atomic E-state index is 12.5. The molecule has 0 aliphatic carbocycles. The Morgan fingerprint density at radius 1 is 0.897 bits per heavy atom. The monoisotopic (exact) mass is 386 g/mol. The normalized spacial score (nSPS) is 13.2. The molecule has 0 aliphatic rings. The molecule has 1 aromatic heterocycles. The summed E-state index contributed by atoms with van der Waals surface area (Å²) in [5.74, 6) is 1.50. The van der Waals surface area contributed by atoms with Crippen molar-refractivity contribution in [1.82, 2.24) is 9.97 Å². The van der Waals surface area contributed by atoms with Crippen LogP contribution >= 0.6 is 0 Å². The van der Waals surface area contributed by atoms with E-state index in [-0.39, 0.29) is 17.6 Å². The van der Waals surface area contributed by atoms with Gasteiger partial charge in [0.05, 0.1) is 18.0 Å². The molecule has 29 heavy (non-hydrogen) atoms. The molecular weight excluding hydrogens is 362 g/mol. The summed E-state index contributed by atoms with van der Waals surface area (Å²) in [7, 11) is 1.67. The third-order valence-corrected chi connectivity index (χ3v) is 5.18. The zero-order valence-electron chi connectivity index (χ0n) is 16.5. The maximum atomic E-state index is 12.5. The van der Waals surface area contributed by atoms with Gasteiger partial charge in [0.25, 0.3) is 5.56 Å². The average molecular weight is 386 g/mol. The van der Waals surface area contributed by atoms with Crippen LogP contribution in [0.1, 0.15) is 36.0 Å². The van der Waals surface area contributed by atoms with Gasteiger partial charge in [0.1, 0.15) is 17.8 Å². The van der Waals surface area contributed by atoms with Crippen LogP contribution < -0.4 is 15.6 Å². The van der Waals surface area contributed by atoms with E-state index in [1.807, 2.05) is 48.5 Å². The van der Waals surface area contributed by atoms with E-state index in [1.54, 1.807) is 13.2 Å². The van der Waals surface area contributed by atoms with Gasteiger partial charge in [-0.1, -0.05) is 42.5 Å². The molecule has 4 rings (SSSR count). The molecule has 1 heterocycles. The van der Waals surface area contributed by atoms with Crippen LogP contribution in [0.3, 0.4) is 0 Å². The predicted molar refractivity (Wildman–Crippen MR) is 114 cm³/mol. The predicted octanol–water partition coefficient (Wildman–Crippen LogP) is 3.35. The number of aromatic amines is 1. The van der Waals surface area contributed by atoms with Gasteiger partial charge in [0.15, 0.2) is 5.82 Å². The zero-order chi connectivity index (χ0) is 20.2. The van der Waals surface area contributed by atoms with Gasteiger partial charge in [0, 0.05) is 11.1 Å². The summed E-state index contributed by atoms with van der Waals surface area (Å²) in [6, 6.07) is 25.9. The highest BCUT2D eigenvalue weighted by Crippen LogP contribution is 2.22. The van der Waals surface area contributed by atoms with Crippen LogP contribution in [0.25, 0.3) is 10.9 Å². The third-order valence-electron chi connectivity index (χ3n) is 5.18. The molecular formula is C24H24N3O2+. The minimum atomic E-state index is -0.105. The van der Waals surface area contributed by atoms with Gasteiger partial charge in [-0.15, -0.1) is 0 Å². The number of aromatic nitrogens is 2. The highest BCUT2D eigenvalue weighted by molar-refractivity contribution is 5.77. The van der Waals surface area contributed by atoms with Gasteiger partial charge in [-0.2, -0.15) is 0 Å². The Bertz CT molecular complexity index is 1150. The molecule has 3 N–H and O–H groups in total. The summed E-state index contributed by atoms with van der Waals surface area (Å²) in [6.45, 7) is 2.06. The summed E-state index contributed by atoms with van der Waals surface area (Å²) in [5.41, 5.74) is 2.96. The quantitative estimate of drug-likeness (QED) is 0.534. The lowest BCUT2D eigenvalue weighted by atomic mass is 9.97. The van der Waals surface area contributed by atoms with Gasteiger partial charge in [0.2, 0.25) is 0 Å². The molecule has 146 valence electrons. The molecule has 0 radical (unpaired) electrons. The van der Waals surface area contributed by atoms with Gasteiger partial charge in [-0.3, -0.25) is 4.79 Å². The largest absolute Gasteiger partial charge is 0.497 e. The van der Waals surface area contributed by atoms with E-state index in [0.717, 1.165) is 11.3 Å². The molecule has 0 unspecified atom stereocenters. The number of nitrogens with zero attached hydrogens (tertiary/aromatic N) is 1. The Labute approximate surface area is 169 Å². The third kappa shape index (κ3) is 4.05. The zero-order valence-corrected chi connectivity index (χ0v) is 16.5. The van der Waals surface area contributed by atoms with Crippen molar-refractivity contribution >= 4 is 10.9 Å². The van der Waals surface area contributed by atoms with Gasteiger partial charge >= 0.3 is 0 Å². The molecule has 0 saturated carbocycles. The summed E-state index contributed by atoms with van der Waals surface area (Å²) in [5, 5.41) is 2.84. The number of methoxy groups -OCH3 is 1. The molecule has 2 atom stereocenters. The van der Waals surface area contributed by atoms with Crippen LogP contribution in [-0.4, -0.2) is 17.1 Å². The highest BCUT2D eigenvalue weighted by atomic mass is 16.5. The second-order valence-corrected chi connectivity index (χ2v) is 7.11. The smallest absolute Gasteiger partial charge is 0.258 e.